The Bertz CT molecular complexity index is 322. The zero-order valence-corrected chi connectivity index (χ0v) is 9.10. The van der Waals surface area contributed by atoms with Gasteiger partial charge in [0.2, 0.25) is 0 Å². The van der Waals surface area contributed by atoms with Crippen molar-refractivity contribution in [3.8, 4) is 0 Å². The third-order valence-electron chi connectivity index (χ3n) is 2.27. The summed E-state index contributed by atoms with van der Waals surface area (Å²) in [6, 6.07) is 0.0303. The van der Waals surface area contributed by atoms with Crippen LogP contribution in [0.2, 0.25) is 0 Å². The molecule has 0 radical (unpaired) electrons. The van der Waals surface area contributed by atoms with E-state index in [1.165, 1.54) is 6.20 Å². The predicted molar refractivity (Wildman–Crippen MR) is 56.5 cm³/mol. The molecular weight excluding hydrogens is 194 g/mol. The van der Waals surface area contributed by atoms with Gasteiger partial charge in [-0.15, -0.1) is 0 Å². The summed E-state index contributed by atoms with van der Waals surface area (Å²) in [5.74, 6) is -0.136. The molecule has 0 aliphatic heterocycles. The minimum atomic E-state index is -0.136. The molecule has 15 heavy (non-hydrogen) atoms. The first kappa shape index (κ1) is 11.7. The molecule has 0 aliphatic carbocycles. The quantitative estimate of drug-likeness (QED) is 0.736. The van der Waals surface area contributed by atoms with Crippen molar-refractivity contribution in [3.05, 3.63) is 18.0 Å². The third kappa shape index (κ3) is 3.36. The lowest BCUT2D eigenvalue weighted by molar-refractivity contribution is 0.0929. The monoisotopic (exact) mass is 211 g/mol. The maximum Gasteiger partial charge on any atom is 0.254 e. The van der Waals surface area contributed by atoms with E-state index in [4.69, 9.17) is 5.11 Å². The van der Waals surface area contributed by atoms with Gasteiger partial charge in [-0.05, 0) is 12.8 Å². The van der Waals surface area contributed by atoms with Crippen molar-refractivity contribution < 1.29 is 9.90 Å². The SMILES string of the molecule is CCC(CCO)NC(=O)c1cnn(C)c1. The number of carbonyl (C=O) groups is 1. The summed E-state index contributed by atoms with van der Waals surface area (Å²) < 4.78 is 1.59. The number of amides is 1. The normalized spacial score (nSPS) is 12.5. The molecule has 0 fully saturated rings. The molecule has 1 amide bonds. The van der Waals surface area contributed by atoms with Crippen LogP contribution in [-0.4, -0.2) is 33.4 Å². The van der Waals surface area contributed by atoms with Gasteiger partial charge in [0.1, 0.15) is 0 Å². The van der Waals surface area contributed by atoms with Gasteiger partial charge < -0.3 is 10.4 Å². The number of aliphatic hydroxyl groups excluding tert-OH is 1. The molecule has 5 heteroatoms. The number of nitrogens with zero attached hydrogens (tertiary/aromatic N) is 2. The highest BCUT2D eigenvalue weighted by molar-refractivity contribution is 5.93. The fourth-order valence-electron chi connectivity index (χ4n) is 1.34. The average molecular weight is 211 g/mol. The van der Waals surface area contributed by atoms with Crippen LogP contribution in [-0.2, 0) is 7.05 Å². The highest BCUT2D eigenvalue weighted by atomic mass is 16.3. The van der Waals surface area contributed by atoms with Gasteiger partial charge in [0, 0.05) is 25.9 Å². The lowest BCUT2D eigenvalue weighted by Gasteiger charge is -2.14. The van der Waals surface area contributed by atoms with Crippen molar-refractivity contribution in [1.82, 2.24) is 15.1 Å². The molecule has 0 saturated carbocycles. The average Bonchev–Trinajstić information content (AvgIpc) is 2.64. The van der Waals surface area contributed by atoms with Crippen LogP contribution < -0.4 is 5.32 Å². The molecule has 1 aromatic heterocycles. The van der Waals surface area contributed by atoms with Gasteiger partial charge in [-0.2, -0.15) is 5.10 Å². The van der Waals surface area contributed by atoms with E-state index in [2.05, 4.69) is 10.4 Å². The Kier molecular flexibility index (Phi) is 4.30. The van der Waals surface area contributed by atoms with Gasteiger partial charge in [0.25, 0.3) is 5.91 Å². The second kappa shape index (κ2) is 5.50. The molecule has 2 N–H and O–H groups in total. The number of carbonyl (C=O) groups excluding carboxylic acids is 1. The number of aromatic nitrogens is 2. The van der Waals surface area contributed by atoms with Gasteiger partial charge >= 0.3 is 0 Å². The van der Waals surface area contributed by atoms with Gasteiger partial charge in [-0.1, -0.05) is 6.92 Å². The van der Waals surface area contributed by atoms with Crippen molar-refractivity contribution in [1.29, 1.82) is 0 Å². The van der Waals surface area contributed by atoms with Crippen LogP contribution in [0, 0.1) is 0 Å². The largest absolute Gasteiger partial charge is 0.396 e. The van der Waals surface area contributed by atoms with Crippen molar-refractivity contribution in [2.24, 2.45) is 7.05 Å². The first-order valence-electron chi connectivity index (χ1n) is 5.07. The number of hydrogen-bond acceptors (Lipinski definition) is 3. The first-order valence-corrected chi connectivity index (χ1v) is 5.07. The van der Waals surface area contributed by atoms with Crippen LogP contribution in [0.4, 0.5) is 0 Å². The van der Waals surface area contributed by atoms with Crippen LogP contribution in [0.15, 0.2) is 12.4 Å². The van der Waals surface area contributed by atoms with E-state index >= 15 is 0 Å². The molecule has 5 nitrogen and oxygen atoms in total. The molecule has 0 spiro atoms. The second-order valence-corrected chi connectivity index (χ2v) is 3.49. The maximum absolute atomic E-state index is 11.7. The molecule has 84 valence electrons. The molecule has 1 unspecified atom stereocenters. The molecule has 1 aromatic rings. The standard InChI is InChI=1S/C10H17N3O2/c1-3-9(4-5-14)12-10(15)8-6-11-13(2)7-8/h6-7,9,14H,3-5H2,1-2H3,(H,12,15). The van der Waals surface area contributed by atoms with E-state index in [1.807, 2.05) is 6.92 Å². The molecule has 0 saturated heterocycles. The highest BCUT2D eigenvalue weighted by Gasteiger charge is 2.12. The summed E-state index contributed by atoms with van der Waals surface area (Å²) in [7, 11) is 1.77. The molecule has 0 bridgehead atoms. The number of hydrogen-bond donors (Lipinski definition) is 2. The number of aliphatic hydroxyl groups is 1. The summed E-state index contributed by atoms with van der Waals surface area (Å²) in [4.78, 5) is 11.7. The van der Waals surface area contributed by atoms with Crippen molar-refractivity contribution >= 4 is 5.91 Å². The van der Waals surface area contributed by atoms with Crippen LogP contribution in [0.5, 0.6) is 0 Å². The van der Waals surface area contributed by atoms with E-state index in [0.29, 0.717) is 12.0 Å². The van der Waals surface area contributed by atoms with E-state index in [1.54, 1.807) is 17.9 Å². The molecule has 1 atom stereocenters. The number of nitrogens with one attached hydrogen (secondary N) is 1. The Morgan fingerprint density at radius 3 is 2.93 bits per heavy atom. The molecule has 1 rings (SSSR count). The Balaban J connectivity index is 2.54. The van der Waals surface area contributed by atoms with E-state index in [-0.39, 0.29) is 18.6 Å². The molecule has 1 heterocycles. The minimum Gasteiger partial charge on any atom is -0.396 e. The summed E-state index contributed by atoms with van der Waals surface area (Å²) >= 11 is 0. The summed E-state index contributed by atoms with van der Waals surface area (Å²) in [6.45, 7) is 2.07. The van der Waals surface area contributed by atoms with Gasteiger partial charge in [0.05, 0.1) is 11.8 Å². The molecule has 0 aliphatic rings. The van der Waals surface area contributed by atoms with E-state index < -0.39 is 0 Å². The van der Waals surface area contributed by atoms with Crippen LogP contribution in [0.1, 0.15) is 30.1 Å². The van der Waals surface area contributed by atoms with Crippen molar-refractivity contribution in [3.63, 3.8) is 0 Å². The van der Waals surface area contributed by atoms with E-state index in [0.717, 1.165) is 6.42 Å². The second-order valence-electron chi connectivity index (χ2n) is 3.49. The zero-order chi connectivity index (χ0) is 11.3. The van der Waals surface area contributed by atoms with Crippen molar-refractivity contribution in [2.45, 2.75) is 25.8 Å². The highest BCUT2D eigenvalue weighted by Crippen LogP contribution is 2.01. The minimum absolute atomic E-state index is 0.0303. The van der Waals surface area contributed by atoms with Crippen molar-refractivity contribution in [2.75, 3.05) is 6.61 Å². The molecule has 0 aromatic carbocycles. The lowest BCUT2D eigenvalue weighted by atomic mass is 10.1. The van der Waals surface area contributed by atoms with Gasteiger partial charge in [0.15, 0.2) is 0 Å². The van der Waals surface area contributed by atoms with Gasteiger partial charge in [-0.3, -0.25) is 9.48 Å². The Hall–Kier alpha value is -1.36. The van der Waals surface area contributed by atoms with Crippen LogP contribution in [0.25, 0.3) is 0 Å². The topological polar surface area (TPSA) is 67.2 Å². The third-order valence-corrected chi connectivity index (χ3v) is 2.27. The van der Waals surface area contributed by atoms with E-state index in [9.17, 15) is 4.79 Å². The summed E-state index contributed by atoms with van der Waals surface area (Å²) in [6.07, 6.45) is 4.59. The van der Waals surface area contributed by atoms with Gasteiger partial charge in [-0.25, -0.2) is 0 Å². The summed E-state index contributed by atoms with van der Waals surface area (Å²) in [5, 5.41) is 15.6. The van der Waals surface area contributed by atoms with Crippen LogP contribution in [0.3, 0.4) is 0 Å². The first-order chi connectivity index (χ1) is 7.17. The number of rotatable bonds is 5. The number of aryl methyl sites for hydroxylation is 1. The maximum atomic E-state index is 11.7. The summed E-state index contributed by atoms with van der Waals surface area (Å²) in [5.41, 5.74) is 0.550. The fraction of sp³-hybridized carbons (Fsp3) is 0.600. The zero-order valence-electron chi connectivity index (χ0n) is 9.10. The van der Waals surface area contributed by atoms with Crippen LogP contribution >= 0.6 is 0 Å². The lowest BCUT2D eigenvalue weighted by Crippen LogP contribution is -2.34. The predicted octanol–water partition coefficient (Wildman–Crippen LogP) is 0.311. The fourth-order valence-corrected chi connectivity index (χ4v) is 1.34. The Morgan fingerprint density at radius 1 is 1.73 bits per heavy atom. The Morgan fingerprint density at radius 2 is 2.47 bits per heavy atom. The molecular formula is C10H17N3O2. The Labute approximate surface area is 89.1 Å². The smallest absolute Gasteiger partial charge is 0.254 e.